The molecule has 0 aliphatic heterocycles. The van der Waals surface area contributed by atoms with E-state index in [9.17, 15) is 0 Å². The molecule has 1 aromatic heterocycles. The van der Waals surface area contributed by atoms with Crippen molar-refractivity contribution in [3.63, 3.8) is 0 Å². The smallest absolute Gasteiger partial charge is 0.191 e. The summed E-state index contributed by atoms with van der Waals surface area (Å²) in [5, 5.41) is 2.70. The quantitative estimate of drug-likeness (QED) is 0.426. The fraction of sp³-hybridized carbons (Fsp3) is 0. The van der Waals surface area contributed by atoms with Crippen LogP contribution in [0.25, 0.3) is 31.3 Å². The van der Waals surface area contributed by atoms with E-state index in [2.05, 4.69) is 104 Å². The maximum absolute atomic E-state index is 2.28. The van der Waals surface area contributed by atoms with E-state index in [1.54, 1.807) is 0 Å². The van der Waals surface area contributed by atoms with Gasteiger partial charge in [0, 0.05) is 20.2 Å². The van der Waals surface area contributed by atoms with Crippen molar-refractivity contribution in [2.24, 2.45) is 0 Å². The highest BCUT2D eigenvalue weighted by molar-refractivity contribution is 7.26. The first-order valence-corrected chi connectivity index (χ1v) is 9.61. The highest BCUT2D eigenvalue weighted by atomic mass is 32.1. The van der Waals surface area contributed by atoms with E-state index < -0.39 is 0 Å². The number of rotatable bonds is 3. The molecule has 0 spiro atoms. The molecule has 0 aliphatic carbocycles. The summed E-state index contributed by atoms with van der Waals surface area (Å²) in [6, 6.07) is 34.6. The van der Waals surface area contributed by atoms with Crippen molar-refractivity contribution >= 4 is 49.7 Å². The average molecular weight is 383 g/mol. The van der Waals surface area contributed by atoms with Gasteiger partial charge in [-0.05, 0) is 17.2 Å². The zero-order chi connectivity index (χ0) is 17.3. The van der Waals surface area contributed by atoms with Gasteiger partial charge in [-0.2, -0.15) is 0 Å². The van der Waals surface area contributed by atoms with Crippen LogP contribution in [-0.2, 0) is 0 Å². The van der Waals surface area contributed by atoms with E-state index >= 15 is 0 Å². The van der Waals surface area contributed by atoms with E-state index in [4.69, 9.17) is 0 Å². The summed E-state index contributed by atoms with van der Waals surface area (Å²) in [5.41, 5.74) is 5.04. The minimum atomic E-state index is 0. The summed E-state index contributed by atoms with van der Waals surface area (Å²) in [6.07, 6.45) is 0. The maximum Gasteiger partial charge on any atom is 0.191 e. The molecule has 4 N–H and O–H groups in total. The van der Waals surface area contributed by atoms with Crippen LogP contribution in [-0.4, -0.2) is 18.2 Å². The molecule has 1 heterocycles. The lowest BCUT2D eigenvalue weighted by Gasteiger charge is -2.07. The third kappa shape index (κ3) is 3.58. The Kier molecular flexibility index (Phi) is 5.95. The van der Waals surface area contributed by atoms with Crippen LogP contribution in [0.15, 0.2) is 97.1 Å². The second-order valence-electron chi connectivity index (χ2n) is 6.46. The Balaban J connectivity index is 0.00000112. The van der Waals surface area contributed by atoms with Gasteiger partial charge in [-0.25, -0.2) is 0 Å². The van der Waals surface area contributed by atoms with E-state index in [0.29, 0.717) is 0 Å². The number of hydrogen-bond donors (Lipinski definition) is 0. The second-order valence-corrected chi connectivity index (χ2v) is 7.51. The molecule has 5 aromatic rings. The Morgan fingerprint density at radius 2 is 1.25 bits per heavy atom. The van der Waals surface area contributed by atoms with Crippen LogP contribution in [0.1, 0.15) is 0 Å². The summed E-state index contributed by atoms with van der Waals surface area (Å²) in [5.74, 6) is 0. The molecular formula is C24H20BO2S. The number of hydrogen-bond acceptors (Lipinski definition) is 1. The molecule has 0 aliphatic rings. The van der Waals surface area contributed by atoms with Gasteiger partial charge < -0.3 is 11.0 Å². The van der Waals surface area contributed by atoms with Crippen LogP contribution in [0.2, 0.25) is 0 Å². The molecule has 0 unspecified atom stereocenters. The predicted octanol–water partition coefficient (Wildman–Crippen LogP) is 3.73. The van der Waals surface area contributed by atoms with Gasteiger partial charge in [0.05, 0.1) is 0 Å². The molecule has 0 amide bonds. The normalized spacial score (nSPS) is 10.3. The highest BCUT2D eigenvalue weighted by Crippen LogP contribution is 2.39. The molecule has 137 valence electrons. The molecule has 0 fully saturated rings. The largest absolute Gasteiger partial charge is 0.412 e. The molecule has 0 atom stereocenters. The minimum absolute atomic E-state index is 0. The van der Waals surface area contributed by atoms with Crippen LogP contribution in [0.3, 0.4) is 0 Å². The molecular weight excluding hydrogens is 363 g/mol. The van der Waals surface area contributed by atoms with Gasteiger partial charge in [0.15, 0.2) is 7.28 Å². The molecule has 28 heavy (non-hydrogen) atoms. The topological polar surface area (TPSA) is 63.0 Å². The van der Waals surface area contributed by atoms with E-state index in [1.165, 1.54) is 42.2 Å². The fourth-order valence-corrected chi connectivity index (χ4v) is 4.75. The Morgan fingerprint density at radius 3 is 2.11 bits per heavy atom. The van der Waals surface area contributed by atoms with Crippen LogP contribution in [0.4, 0.5) is 0 Å². The summed E-state index contributed by atoms with van der Waals surface area (Å²) in [4.78, 5) is 0. The zero-order valence-electron chi connectivity index (χ0n) is 15.2. The molecule has 4 aromatic carbocycles. The maximum atomic E-state index is 2.28. The lowest BCUT2D eigenvalue weighted by Crippen LogP contribution is -2.26. The molecule has 5 rings (SSSR count). The SMILES string of the molecule is O.O.[B](c1ccccc1)c1cccc(-c2cccc3c2sc2ccccc23)c1. The Bertz CT molecular complexity index is 1220. The van der Waals surface area contributed by atoms with Crippen molar-refractivity contribution in [1.82, 2.24) is 0 Å². The van der Waals surface area contributed by atoms with Crippen molar-refractivity contribution in [3.05, 3.63) is 97.1 Å². The Hall–Kier alpha value is -2.92. The number of benzene rings is 4. The zero-order valence-corrected chi connectivity index (χ0v) is 16.0. The molecule has 0 bridgehead atoms. The van der Waals surface area contributed by atoms with Crippen molar-refractivity contribution in [1.29, 1.82) is 0 Å². The van der Waals surface area contributed by atoms with Gasteiger partial charge in [-0.3, -0.25) is 0 Å². The van der Waals surface area contributed by atoms with E-state index in [0.717, 1.165) is 0 Å². The molecule has 0 saturated carbocycles. The van der Waals surface area contributed by atoms with E-state index in [-0.39, 0.29) is 11.0 Å². The number of thiophene rings is 1. The van der Waals surface area contributed by atoms with Crippen LogP contribution in [0, 0.1) is 0 Å². The molecule has 4 heteroatoms. The van der Waals surface area contributed by atoms with Crippen molar-refractivity contribution in [2.75, 3.05) is 0 Å². The molecule has 1 radical (unpaired) electrons. The fourth-order valence-electron chi connectivity index (χ4n) is 3.51. The third-order valence-electron chi connectivity index (χ3n) is 4.73. The molecule has 0 saturated heterocycles. The standard InChI is InChI=1S/C24H16BS.2H2O/c1-2-9-18(10-3-1)25-19-11-6-8-17(16-19)20-13-7-14-22-21-12-4-5-15-23(21)26-24(20)22;;/h1-16H;2*1H2. The monoisotopic (exact) mass is 383 g/mol. The van der Waals surface area contributed by atoms with Gasteiger partial charge >= 0.3 is 0 Å². The predicted molar refractivity (Wildman–Crippen MR) is 123 cm³/mol. The Morgan fingerprint density at radius 1 is 0.571 bits per heavy atom. The Labute approximate surface area is 168 Å². The van der Waals surface area contributed by atoms with Crippen LogP contribution in [0.5, 0.6) is 0 Å². The van der Waals surface area contributed by atoms with Gasteiger partial charge in [-0.1, -0.05) is 102 Å². The summed E-state index contributed by atoms with van der Waals surface area (Å²) < 4.78 is 2.72. The summed E-state index contributed by atoms with van der Waals surface area (Å²) in [7, 11) is 2.23. The first-order chi connectivity index (χ1) is 12.9. The van der Waals surface area contributed by atoms with Crippen LogP contribution >= 0.6 is 11.3 Å². The summed E-state index contributed by atoms with van der Waals surface area (Å²) in [6.45, 7) is 0. The van der Waals surface area contributed by atoms with Gasteiger partial charge in [-0.15, -0.1) is 11.3 Å². The first-order valence-electron chi connectivity index (χ1n) is 8.79. The lowest BCUT2D eigenvalue weighted by molar-refractivity contribution is 0.823. The molecule has 2 nitrogen and oxygen atoms in total. The van der Waals surface area contributed by atoms with Gasteiger partial charge in [0.2, 0.25) is 0 Å². The second kappa shape index (κ2) is 8.40. The average Bonchev–Trinajstić information content (AvgIpc) is 3.08. The number of fused-ring (bicyclic) bond motifs is 3. The lowest BCUT2D eigenvalue weighted by atomic mass is 9.64. The van der Waals surface area contributed by atoms with Crippen molar-refractivity contribution in [3.8, 4) is 11.1 Å². The third-order valence-corrected chi connectivity index (χ3v) is 5.95. The van der Waals surface area contributed by atoms with E-state index in [1.807, 2.05) is 11.3 Å². The van der Waals surface area contributed by atoms with Gasteiger partial charge in [0.1, 0.15) is 0 Å². The van der Waals surface area contributed by atoms with Crippen LogP contribution < -0.4 is 10.9 Å². The van der Waals surface area contributed by atoms with Crippen molar-refractivity contribution in [2.45, 2.75) is 0 Å². The van der Waals surface area contributed by atoms with Gasteiger partial charge in [0.25, 0.3) is 0 Å². The van der Waals surface area contributed by atoms with Crippen molar-refractivity contribution < 1.29 is 11.0 Å². The summed E-state index contributed by atoms with van der Waals surface area (Å²) >= 11 is 1.88. The first kappa shape index (κ1) is 19.8. The minimum Gasteiger partial charge on any atom is -0.412 e. The highest BCUT2D eigenvalue weighted by Gasteiger charge is 2.10.